The molecule has 0 bridgehead atoms. The van der Waals surface area contributed by atoms with Gasteiger partial charge in [-0.25, -0.2) is 4.79 Å². The van der Waals surface area contributed by atoms with E-state index in [1.165, 1.54) is 0 Å². The number of para-hydroxylation sites is 2. The van der Waals surface area contributed by atoms with Crippen molar-refractivity contribution in [3.63, 3.8) is 0 Å². The lowest BCUT2D eigenvalue weighted by Gasteiger charge is -2.23. The summed E-state index contributed by atoms with van der Waals surface area (Å²) in [5.74, 6) is 1.43. The van der Waals surface area contributed by atoms with Gasteiger partial charge in [0.15, 0.2) is 0 Å². The van der Waals surface area contributed by atoms with E-state index in [0.717, 1.165) is 36.5 Å². The van der Waals surface area contributed by atoms with Crippen LogP contribution in [0.15, 0.2) is 53.5 Å². The number of carbonyl (C=O) groups is 1. The predicted octanol–water partition coefficient (Wildman–Crippen LogP) is 4.23. The van der Waals surface area contributed by atoms with E-state index in [1.54, 1.807) is 12.0 Å². The Morgan fingerprint density at radius 1 is 1.17 bits per heavy atom. The molecule has 124 valence electrons. The van der Waals surface area contributed by atoms with Crippen LogP contribution in [0.1, 0.15) is 18.4 Å². The number of ether oxygens (including phenoxy) is 1. The number of urea groups is 1. The monoisotopic (exact) mass is 323 g/mol. The number of aliphatic imine (C=N–C) groups is 1. The summed E-state index contributed by atoms with van der Waals surface area (Å²) in [6.45, 7) is 2.79. The third kappa shape index (κ3) is 3.40. The number of hydrogen-bond donors (Lipinski definition) is 1. The lowest BCUT2D eigenvalue weighted by Crippen LogP contribution is -2.39. The van der Waals surface area contributed by atoms with E-state index in [1.807, 2.05) is 55.5 Å². The quantitative estimate of drug-likeness (QED) is 0.919. The molecule has 3 rings (SSSR count). The van der Waals surface area contributed by atoms with Crippen molar-refractivity contribution in [3.05, 3.63) is 54.1 Å². The highest BCUT2D eigenvalue weighted by Gasteiger charge is 2.24. The number of amidine groups is 1. The van der Waals surface area contributed by atoms with Crippen molar-refractivity contribution in [2.24, 2.45) is 4.99 Å². The van der Waals surface area contributed by atoms with Gasteiger partial charge < -0.3 is 10.1 Å². The average Bonchev–Trinajstić information content (AvgIpc) is 3.11. The summed E-state index contributed by atoms with van der Waals surface area (Å²) in [6.07, 6.45) is 1.77. The standard InChI is InChI=1S/C19H21N3O2/c1-14-9-11-15(12-10-14)22(18-8-5-13-20-18)19(23)21-16-6-3-4-7-17(16)24-2/h3-4,6-7,9-12H,5,8,13H2,1-2H3,(H,21,23). The normalized spacial score (nSPS) is 13.3. The number of nitrogens with one attached hydrogen (secondary N) is 1. The molecule has 0 saturated carbocycles. The zero-order chi connectivity index (χ0) is 16.9. The van der Waals surface area contributed by atoms with Crippen LogP contribution in [0.5, 0.6) is 5.75 Å². The topological polar surface area (TPSA) is 53.9 Å². The van der Waals surface area contributed by atoms with Crippen molar-refractivity contribution in [2.45, 2.75) is 19.8 Å². The molecule has 0 unspecified atom stereocenters. The van der Waals surface area contributed by atoms with E-state index < -0.39 is 0 Å². The smallest absolute Gasteiger partial charge is 0.331 e. The Labute approximate surface area is 142 Å². The largest absolute Gasteiger partial charge is 0.495 e. The average molecular weight is 323 g/mol. The number of rotatable bonds is 3. The van der Waals surface area contributed by atoms with Gasteiger partial charge in [0.1, 0.15) is 11.6 Å². The van der Waals surface area contributed by atoms with Crippen molar-refractivity contribution in [1.29, 1.82) is 0 Å². The molecule has 0 aliphatic carbocycles. The van der Waals surface area contributed by atoms with Gasteiger partial charge in [0.05, 0.1) is 18.5 Å². The zero-order valence-corrected chi connectivity index (χ0v) is 14.0. The second-order valence-electron chi connectivity index (χ2n) is 5.70. The van der Waals surface area contributed by atoms with Gasteiger partial charge in [-0.05, 0) is 37.6 Å². The second-order valence-corrected chi connectivity index (χ2v) is 5.70. The molecule has 1 heterocycles. The first-order chi connectivity index (χ1) is 11.7. The van der Waals surface area contributed by atoms with Crippen LogP contribution in [0.4, 0.5) is 16.2 Å². The lowest BCUT2D eigenvalue weighted by atomic mass is 10.2. The third-order valence-corrected chi connectivity index (χ3v) is 3.95. The molecule has 5 heteroatoms. The number of nitrogens with zero attached hydrogens (tertiary/aromatic N) is 2. The fourth-order valence-electron chi connectivity index (χ4n) is 2.70. The summed E-state index contributed by atoms with van der Waals surface area (Å²) in [6, 6.07) is 15.0. The zero-order valence-electron chi connectivity index (χ0n) is 14.0. The van der Waals surface area contributed by atoms with Crippen molar-refractivity contribution in [2.75, 3.05) is 23.9 Å². The molecule has 0 atom stereocenters. The number of methoxy groups -OCH3 is 1. The summed E-state index contributed by atoms with van der Waals surface area (Å²) in [4.78, 5) is 19.1. The fraction of sp³-hybridized carbons (Fsp3) is 0.263. The van der Waals surface area contributed by atoms with Crippen LogP contribution in [0.2, 0.25) is 0 Å². The molecular weight excluding hydrogens is 302 g/mol. The second kappa shape index (κ2) is 7.17. The van der Waals surface area contributed by atoms with Crippen LogP contribution in [-0.2, 0) is 0 Å². The van der Waals surface area contributed by atoms with E-state index in [2.05, 4.69) is 10.3 Å². The minimum absolute atomic E-state index is 0.232. The summed E-state index contributed by atoms with van der Waals surface area (Å²) >= 11 is 0. The van der Waals surface area contributed by atoms with Gasteiger partial charge in [0, 0.05) is 13.0 Å². The van der Waals surface area contributed by atoms with E-state index in [9.17, 15) is 4.79 Å². The van der Waals surface area contributed by atoms with Crippen molar-refractivity contribution >= 4 is 23.2 Å². The van der Waals surface area contributed by atoms with Crippen LogP contribution in [0, 0.1) is 6.92 Å². The molecule has 1 aliphatic heterocycles. The number of benzene rings is 2. The van der Waals surface area contributed by atoms with Crippen LogP contribution in [-0.4, -0.2) is 25.5 Å². The van der Waals surface area contributed by atoms with Crippen molar-refractivity contribution in [3.8, 4) is 5.75 Å². The Balaban J connectivity index is 1.90. The molecule has 2 amide bonds. The Bertz CT molecular complexity index is 753. The van der Waals surface area contributed by atoms with Gasteiger partial charge >= 0.3 is 6.03 Å². The van der Waals surface area contributed by atoms with Crippen molar-refractivity contribution < 1.29 is 9.53 Å². The van der Waals surface area contributed by atoms with Gasteiger partial charge in [0.2, 0.25) is 0 Å². The summed E-state index contributed by atoms with van der Waals surface area (Å²) < 4.78 is 5.31. The first-order valence-electron chi connectivity index (χ1n) is 8.03. The maximum atomic E-state index is 12.9. The number of carbonyl (C=O) groups excluding carboxylic acids is 1. The van der Waals surface area contributed by atoms with E-state index >= 15 is 0 Å². The van der Waals surface area contributed by atoms with E-state index in [0.29, 0.717) is 11.4 Å². The number of hydrogen-bond acceptors (Lipinski definition) is 3. The molecule has 0 fully saturated rings. The predicted molar refractivity (Wildman–Crippen MR) is 97.2 cm³/mol. The Hall–Kier alpha value is -2.82. The van der Waals surface area contributed by atoms with Gasteiger partial charge in [-0.2, -0.15) is 0 Å². The van der Waals surface area contributed by atoms with Crippen LogP contribution < -0.4 is 15.0 Å². The summed E-state index contributed by atoms with van der Waals surface area (Å²) in [5, 5.41) is 2.93. The molecular formula is C19H21N3O2. The highest BCUT2D eigenvalue weighted by Crippen LogP contribution is 2.26. The third-order valence-electron chi connectivity index (χ3n) is 3.95. The maximum absolute atomic E-state index is 12.9. The molecule has 2 aromatic rings. The lowest BCUT2D eigenvalue weighted by molar-refractivity contribution is 0.259. The Kier molecular flexibility index (Phi) is 4.79. The first kappa shape index (κ1) is 16.1. The van der Waals surface area contributed by atoms with Crippen LogP contribution in [0.25, 0.3) is 0 Å². The highest BCUT2D eigenvalue weighted by atomic mass is 16.5. The Morgan fingerprint density at radius 2 is 1.92 bits per heavy atom. The Morgan fingerprint density at radius 3 is 2.58 bits per heavy atom. The van der Waals surface area contributed by atoms with Gasteiger partial charge in [-0.3, -0.25) is 9.89 Å². The van der Waals surface area contributed by atoms with E-state index in [4.69, 9.17) is 4.74 Å². The molecule has 2 aromatic carbocycles. The van der Waals surface area contributed by atoms with Gasteiger partial charge in [-0.1, -0.05) is 29.8 Å². The minimum atomic E-state index is -0.232. The molecule has 0 radical (unpaired) electrons. The van der Waals surface area contributed by atoms with Crippen molar-refractivity contribution in [1.82, 2.24) is 0 Å². The van der Waals surface area contributed by atoms with Gasteiger partial charge in [-0.15, -0.1) is 0 Å². The highest BCUT2D eigenvalue weighted by molar-refractivity contribution is 6.20. The van der Waals surface area contributed by atoms with Gasteiger partial charge in [0.25, 0.3) is 0 Å². The molecule has 1 N–H and O–H groups in total. The number of aryl methyl sites for hydroxylation is 1. The molecule has 5 nitrogen and oxygen atoms in total. The first-order valence-corrected chi connectivity index (χ1v) is 8.03. The molecule has 0 saturated heterocycles. The van der Waals surface area contributed by atoms with Crippen LogP contribution in [0.3, 0.4) is 0 Å². The van der Waals surface area contributed by atoms with Crippen LogP contribution >= 0.6 is 0 Å². The molecule has 1 aliphatic rings. The fourth-order valence-corrected chi connectivity index (χ4v) is 2.70. The van der Waals surface area contributed by atoms with E-state index in [-0.39, 0.29) is 6.03 Å². The molecule has 24 heavy (non-hydrogen) atoms. The minimum Gasteiger partial charge on any atom is -0.495 e. The summed E-state index contributed by atoms with van der Waals surface area (Å²) in [7, 11) is 1.59. The molecule has 0 spiro atoms. The maximum Gasteiger partial charge on any atom is 0.331 e. The number of anilines is 2. The summed E-state index contributed by atoms with van der Waals surface area (Å²) in [5.41, 5.74) is 2.60. The SMILES string of the molecule is COc1ccccc1NC(=O)N(C1=NCCC1)c1ccc(C)cc1. The number of amides is 2. The molecule has 0 aromatic heterocycles.